The van der Waals surface area contributed by atoms with Gasteiger partial charge in [-0.1, -0.05) is 130 Å². The molecule has 18 aromatic rings. The van der Waals surface area contributed by atoms with Gasteiger partial charge in [0.15, 0.2) is 17.4 Å². The molecule has 0 spiro atoms. The van der Waals surface area contributed by atoms with Crippen LogP contribution in [0.5, 0.6) is 23.0 Å². The standard InChI is InChI=1S/C31H20ClF4N5O2.C26H19ClFN7O2S.C24H21ClN6O3S.C21H15Cl2FN6O2S/c32-23-14-21(9-10-26(23)43-17-22-7-1-2-11-37-22)41-28-16-27(38-18-39-28)40-20-8-3-5-19(13-20)6-4-12-42-31-29(35)24(33)15-25(34)30(31)36;27-20-11-18(7-8-21(20)37-14-19-4-1-2-9-29-19)34-24-12-23(31-15-32-24)33-16-5-3-6-17(10-16)35-25(36)22-13-30-26(28)38-22;1-2-35(32,33)31-19-8-5-7-17(12-19)29-23-14-24(28-16-27-23)30-18-9-10-22(21(25)13-18)34-15-20-6-3-4-11-26-20;22-16-6-7-25-11-19(16)33(31,32)30-15-3-1-2-13(8-15)28-20-10-21(27-12-26-20)29-14-4-5-18(24)17(23)9-14/h1-3,5,7-11,13-16,18H,12,17H2,(H2,38,39,40,41);1-13,15H,14H2,(H,35,36)(H2,31,32,33,34);2-14,16,31H,1,15H2,(H2,27,28,29,30);1-12,30H,(H2,26,27,28,29). The van der Waals surface area contributed by atoms with Gasteiger partial charge < -0.3 is 66.8 Å². The number of amides is 1. The number of sulfonamides is 2. The zero-order valence-electron chi connectivity index (χ0n) is 76.6. The predicted octanol–water partition coefficient (Wildman–Crippen LogP) is 25.1. The molecule has 18 rings (SSSR count). The van der Waals surface area contributed by atoms with Crippen LogP contribution in [0.25, 0.3) is 0 Å². The Morgan fingerprint density at radius 1 is 0.356 bits per heavy atom. The second kappa shape index (κ2) is 51.3. The Kier molecular flexibility index (Phi) is 36.4. The van der Waals surface area contributed by atoms with Crippen molar-refractivity contribution in [3.63, 3.8) is 0 Å². The molecule has 0 radical (unpaired) electrons. The Bertz CT molecular complexity index is 8090. The lowest BCUT2D eigenvalue weighted by atomic mass is 10.2. The van der Waals surface area contributed by atoms with Gasteiger partial charge in [0.05, 0.1) is 59.8 Å². The molecule has 9 heterocycles. The third kappa shape index (κ3) is 32.0. The van der Waals surface area contributed by atoms with E-state index in [1.165, 1.54) is 68.2 Å². The van der Waals surface area contributed by atoms with Crippen LogP contribution in [-0.2, 0) is 39.9 Å². The van der Waals surface area contributed by atoms with Crippen molar-refractivity contribution in [2.45, 2.75) is 24.7 Å². The minimum Gasteiger partial charge on any atom is -0.486 e. The summed E-state index contributed by atoms with van der Waals surface area (Å²) >= 11 is 31.7. The van der Waals surface area contributed by atoms with E-state index in [2.05, 4.69) is 141 Å². The van der Waals surface area contributed by atoms with E-state index in [1.54, 1.807) is 176 Å². The van der Waals surface area contributed by atoms with Crippen molar-refractivity contribution in [2.75, 3.05) is 63.9 Å². The van der Waals surface area contributed by atoms with E-state index in [4.69, 9.17) is 77.0 Å². The summed E-state index contributed by atoms with van der Waals surface area (Å²) in [5.41, 5.74) is 9.34. The summed E-state index contributed by atoms with van der Waals surface area (Å²) in [5, 5.41) is 29.3. The fourth-order valence-corrected chi connectivity index (χ4v) is 16.3. The fourth-order valence-electron chi connectivity index (χ4n) is 12.8. The number of carbonyl (C=O) groups is 1. The number of halogens is 11. The van der Waals surface area contributed by atoms with E-state index >= 15 is 0 Å². The number of pyridine rings is 4. The smallest absolute Gasteiger partial charge is 0.269 e. The minimum absolute atomic E-state index is 0.0146. The lowest BCUT2D eigenvalue weighted by Crippen LogP contribution is -2.13. The average molecular weight is 2170 g/mol. The van der Waals surface area contributed by atoms with Gasteiger partial charge in [0.25, 0.3) is 31.2 Å². The van der Waals surface area contributed by atoms with Crippen molar-refractivity contribution in [1.29, 1.82) is 0 Å². The molecular formula is C102H75Cl5F6N24O9S3. The molecule has 0 fully saturated rings. The van der Waals surface area contributed by atoms with Gasteiger partial charge in [0.2, 0.25) is 11.6 Å². The third-order valence-electron chi connectivity index (χ3n) is 19.6. The quantitative estimate of drug-likeness (QED) is 0.00998. The van der Waals surface area contributed by atoms with E-state index in [0.717, 1.165) is 22.5 Å². The zero-order valence-corrected chi connectivity index (χ0v) is 82.8. The van der Waals surface area contributed by atoms with Gasteiger partial charge >= 0.3 is 0 Å². The molecule has 47 heteroatoms. The maximum Gasteiger partial charge on any atom is 0.269 e. The number of anilines is 19. The second-order valence-electron chi connectivity index (χ2n) is 30.4. The zero-order chi connectivity index (χ0) is 105. The maximum absolute atomic E-state index is 13.7. The van der Waals surface area contributed by atoms with Crippen LogP contribution in [0.3, 0.4) is 0 Å². The number of hydrogen-bond donors (Lipinski definition) is 11. The van der Waals surface area contributed by atoms with Crippen molar-refractivity contribution in [3.05, 3.63) is 422 Å². The first-order chi connectivity index (χ1) is 72.1. The highest BCUT2D eigenvalue weighted by atomic mass is 35.5. The Hall–Kier alpha value is -17.6. The van der Waals surface area contributed by atoms with E-state index in [9.17, 15) is 48.0 Å². The molecule has 1 amide bonds. The lowest BCUT2D eigenvalue weighted by molar-refractivity contribution is 0.103. The number of hydrogen-bond acceptors (Lipinski definition) is 31. The molecule has 9 aromatic heterocycles. The summed E-state index contributed by atoms with van der Waals surface area (Å²) in [7, 11) is -7.53. The average Bonchev–Trinajstić information content (AvgIpc) is 0.844. The number of benzene rings is 9. The molecule has 0 saturated heterocycles. The van der Waals surface area contributed by atoms with Crippen molar-refractivity contribution in [2.24, 2.45) is 0 Å². The number of nitrogens with one attached hydrogen (secondary N) is 11. The monoisotopic (exact) mass is 2160 g/mol. The fraction of sp³-hybridized carbons (Fsp3) is 0.0392. The van der Waals surface area contributed by atoms with E-state index < -0.39 is 72.7 Å². The van der Waals surface area contributed by atoms with Crippen LogP contribution in [0, 0.1) is 46.2 Å². The minimum atomic E-state index is -3.93. The number of thiazole rings is 1. The summed E-state index contributed by atoms with van der Waals surface area (Å²) < 4.78 is 156. The molecule has 0 bridgehead atoms. The summed E-state index contributed by atoms with van der Waals surface area (Å²) in [6, 6.07) is 72.5. The van der Waals surface area contributed by atoms with Gasteiger partial charge in [-0.25, -0.2) is 74.9 Å². The Morgan fingerprint density at radius 3 is 1.11 bits per heavy atom. The third-order valence-corrected chi connectivity index (χ3v) is 24.4. The molecule has 149 heavy (non-hydrogen) atoms. The van der Waals surface area contributed by atoms with Crippen molar-refractivity contribution in [3.8, 4) is 34.8 Å². The van der Waals surface area contributed by atoms with E-state index in [-0.39, 0.29) is 32.5 Å². The predicted molar refractivity (Wildman–Crippen MR) is 563 cm³/mol. The topological polar surface area (TPSA) is 422 Å². The number of carbonyl (C=O) groups excluding carboxylic acids is 1. The molecule has 33 nitrogen and oxygen atoms in total. The van der Waals surface area contributed by atoms with Crippen molar-refractivity contribution < 1.29 is 66.9 Å². The van der Waals surface area contributed by atoms with Gasteiger partial charge in [0, 0.05) is 123 Å². The van der Waals surface area contributed by atoms with Crippen LogP contribution in [0.4, 0.5) is 135 Å². The highest BCUT2D eigenvalue weighted by molar-refractivity contribution is 7.95. The SMILES string of the molecule is C=CS(=O)(=O)Nc1cccc(Nc2cc(Nc3ccc(OCc4ccccn4)c(Cl)c3)ncn2)c1.Fc1cc(F)c(F)c(OCC#Cc2cccc(Nc3cc(Nc4ccc(OCc5ccccn5)c(Cl)c4)ncn3)c2)c1F.O=C(Nc1cccc(Nc2cc(Nc3ccc(OCc4ccccn4)c(Cl)c3)ncn2)c1)c1cnc(F)s1.O=S(=O)(Nc1cccc(Nc2cc(Nc3ccc(F)c(Cl)c3)ncn2)c1)c1cnccc1Cl. The van der Waals surface area contributed by atoms with E-state index in [1.807, 2.05) is 72.8 Å². The Balaban J connectivity index is 0.000000149. The van der Waals surface area contributed by atoms with Gasteiger partial charge in [-0.2, -0.15) is 13.2 Å². The van der Waals surface area contributed by atoms with Crippen LogP contribution in [0.15, 0.2) is 340 Å². The molecule has 0 unspecified atom stereocenters. The van der Waals surface area contributed by atoms with Crippen LogP contribution in [0.2, 0.25) is 25.1 Å². The molecule has 0 aliphatic carbocycles. The Labute approximate surface area is 875 Å². The van der Waals surface area contributed by atoms with Gasteiger partial charge in [-0.3, -0.25) is 34.2 Å². The molecule has 9 aromatic carbocycles. The highest BCUT2D eigenvalue weighted by Crippen LogP contribution is 2.37. The van der Waals surface area contributed by atoms with Gasteiger partial charge in [0.1, 0.15) is 131 Å². The first-order valence-electron chi connectivity index (χ1n) is 43.5. The van der Waals surface area contributed by atoms with E-state index in [0.29, 0.717) is 172 Å². The number of nitrogens with zero attached hydrogens (tertiary/aromatic N) is 13. The van der Waals surface area contributed by atoms with Gasteiger partial charge in [-0.15, -0.1) is 0 Å². The van der Waals surface area contributed by atoms with Crippen molar-refractivity contribution >= 4 is 204 Å². The molecule has 0 saturated carbocycles. The first-order valence-corrected chi connectivity index (χ1v) is 49.2. The molecule has 752 valence electrons. The Morgan fingerprint density at radius 2 is 0.732 bits per heavy atom. The summed E-state index contributed by atoms with van der Waals surface area (Å²) in [6.45, 7) is 3.68. The summed E-state index contributed by atoms with van der Waals surface area (Å²) in [4.78, 5) is 66.0. The molecule has 0 atom stereocenters. The highest BCUT2D eigenvalue weighted by Gasteiger charge is 2.23. The summed E-state index contributed by atoms with van der Waals surface area (Å²) in [6.07, 6.45) is 14.4. The largest absolute Gasteiger partial charge is 0.486 e. The van der Waals surface area contributed by atoms with Crippen LogP contribution in [0.1, 0.15) is 32.3 Å². The summed E-state index contributed by atoms with van der Waals surface area (Å²) in [5.74, 6) is 2.37. The molecular weight excluding hydrogens is 2090 g/mol. The van der Waals surface area contributed by atoms with Crippen LogP contribution in [-0.4, -0.2) is 94.1 Å². The maximum atomic E-state index is 13.7. The molecule has 0 aliphatic rings. The number of aromatic nitrogens is 13. The van der Waals surface area contributed by atoms with Crippen LogP contribution >= 0.6 is 69.3 Å². The normalized spacial score (nSPS) is 10.7. The second-order valence-corrected chi connectivity index (χ2v) is 36.7. The van der Waals surface area contributed by atoms with Gasteiger partial charge in [-0.05, 0) is 188 Å². The number of rotatable bonds is 35. The lowest BCUT2D eigenvalue weighted by Gasteiger charge is -2.12. The molecule has 11 N–H and O–H groups in total. The first kappa shape index (κ1) is 106. The van der Waals surface area contributed by atoms with Crippen molar-refractivity contribution in [1.82, 2.24) is 64.8 Å². The molecule has 0 aliphatic heterocycles. The van der Waals surface area contributed by atoms with Crippen LogP contribution < -0.4 is 76.2 Å². The number of ether oxygens (including phenoxy) is 4.